The first kappa shape index (κ1) is 17.8. The van der Waals surface area contributed by atoms with Crippen LogP contribution in [0.4, 0.5) is 5.69 Å². The maximum absolute atomic E-state index is 11.6. The van der Waals surface area contributed by atoms with Crippen molar-refractivity contribution in [1.82, 2.24) is 0 Å². The Bertz CT molecular complexity index is 1160. The quantitative estimate of drug-likeness (QED) is 0.313. The molecule has 0 spiro atoms. The van der Waals surface area contributed by atoms with Gasteiger partial charge in [-0.1, -0.05) is 0 Å². The van der Waals surface area contributed by atoms with E-state index >= 15 is 0 Å². The van der Waals surface area contributed by atoms with E-state index in [1.54, 1.807) is 13.0 Å². The average Bonchev–Trinajstić information content (AvgIpc) is 2.61. The minimum atomic E-state index is -1.44. The summed E-state index contributed by atoms with van der Waals surface area (Å²) in [5.41, 5.74) is -1.00. The van der Waals surface area contributed by atoms with Crippen LogP contribution in [-0.4, -0.2) is 22.3 Å². The summed E-state index contributed by atoms with van der Waals surface area (Å²) in [5.74, 6) is -1.70. The molecule has 0 saturated heterocycles. The standard InChI is InChI=1S/C18H11NO8/c1-9-6-16(21)27-17-11(9)3-5-15(13(17)8-20)26-14-4-2-10(19(24)25)7-12(14)18(22)23/h2-8H,1H3,(H,22,23). The predicted octanol–water partition coefficient (Wildman–Crippen LogP) is 3.31. The molecule has 9 heteroatoms. The third kappa shape index (κ3) is 3.25. The second-order valence-corrected chi connectivity index (χ2v) is 5.57. The van der Waals surface area contributed by atoms with Crippen LogP contribution in [0.5, 0.6) is 11.5 Å². The topological polar surface area (TPSA) is 137 Å². The summed E-state index contributed by atoms with van der Waals surface area (Å²) < 4.78 is 10.6. The Morgan fingerprint density at radius 2 is 1.93 bits per heavy atom. The lowest BCUT2D eigenvalue weighted by Gasteiger charge is -2.12. The Morgan fingerprint density at radius 3 is 2.56 bits per heavy atom. The van der Waals surface area contributed by atoms with Crippen LogP contribution in [0, 0.1) is 17.0 Å². The van der Waals surface area contributed by atoms with Crippen molar-refractivity contribution in [2.45, 2.75) is 6.92 Å². The first-order valence-electron chi connectivity index (χ1n) is 7.54. The van der Waals surface area contributed by atoms with Crippen LogP contribution in [-0.2, 0) is 0 Å². The van der Waals surface area contributed by atoms with E-state index in [0.717, 1.165) is 18.2 Å². The predicted molar refractivity (Wildman–Crippen MR) is 92.7 cm³/mol. The second-order valence-electron chi connectivity index (χ2n) is 5.57. The molecule has 2 aromatic carbocycles. The van der Waals surface area contributed by atoms with Crippen molar-refractivity contribution >= 4 is 28.9 Å². The summed E-state index contributed by atoms with van der Waals surface area (Å²) in [6.45, 7) is 1.67. The Kier molecular flexibility index (Phi) is 4.43. The van der Waals surface area contributed by atoms with Gasteiger partial charge in [0.2, 0.25) is 0 Å². The number of non-ortho nitro benzene ring substituents is 1. The van der Waals surface area contributed by atoms with Gasteiger partial charge in [0.1, 0.15) is 22.6 Å². The van der Waals surface area contributed by atoms with E-state index in [4.69, 9.17) is 9.15 Å². The molecule has 1 N–H and O–H groups in total. The van der Waals surface area contributed by atoms with E-state index in [-0.39, 0.29) is 22.6 Å². The highest BCUT2D eigenvalue weighted by molar-refractivity contribution is 5.99. The minimum Gasteiger partial charge on any atom is -0.478 e. The molecule has 3 aromatic rings. The van der Waals surface area contributed by atoms with E-state index in [0.29, 0.717) is 17.2 Å². The zero-order valence-electron chi connectivity index (χ0n) is 13.8. The van der Waals surface area contributed by atoms with Crippen LogP contribution >= 0.6 is 0 Å². The lowest BCUT2D eigenvalue weighted by molar-refractivity contribution is -0.384. The zero-order chi connectivity index (χ0) is 19.7. The summed E-state index contributed by atoms with van der Waals surface area (Å²) in [5, 5.41) is 20.6. The zero-order valence-corrected chi connectivity index (χ0v) is 13.8. The van der Waals surface area contributed by atoms with Crippen LogP contribution < -0.4 is 10.4 Å². The highest BCUT2D eigenvalue weighted by atomic mass is 16.6. The fourth-order valence-electron chi connectivity index (χ4n) is 2.59. The van der Waals surface area contributed by atoms with E-state index in [1.807, 2.05) is 0 Å². The number of rotatable bonds is 5. The van der Waals surface area contributed by atoms with Crippen molar-refractivity contribution in [2.75, 3.05) is 0 Å². The monoisotopic (exact) mass is 369 g/mol. The molecule has 27 heavy (non-hydrogen) atoms. The fourth-order valence-corrected chi connectivity index (χ4v) is 2.59. The van der Waals surface area contributed by atoms with Gasteiger partial charge in [-0.05, 0) is 30.7 Å². The van der Waals surface area contributed by atoms with Gasteiger partial charge in [0.25, 0.3) is 5.69 Å². The van der Waals surface area contributed by atoms with E-state index < -0.39 is 27.8 Å². The molecule has 0 radical (unpaired) electrons. The number of nitro benzene ring substituents is 1. The van der Waals surface area contributed by atoms with Gasteiger partial charge in [-0.3, -0.25) is 14.9 Å². The van der Waals surface area contributed by atoms with Crippen molar-refractivity contribution in [3.05, 3.63) is 73.6 Å². The smallest absolute Gasteiger partial charge is 0.339 e. The highest BCUT2D eigenvalue weighted by Gasteiger charge is 2.20. The van der Waals surface area contributed by atoms with Crippen LogP contribution in [0.25, 0.3) is 11.0 Å². The van der Waals surface area contributed by atoms with Gasteiger partial charge in [0.05, 0.1) is 4.92 Å². The molecule has 0 bridgehead atoms. The van der Waals surface area contributed by atoms with Crippen molar-refractivity contribution in [3.63, 3.8) is 0 Å². The van der Waals surface area contributed by atoms with Crippen molar-refractivity contribution in [1.29, 1.82) is 0 Å². The molecular weight excluding hydrogens is 358 g/mol. The number of nitro groups is 1. The van der Waals surface area contributed by atoms with Gasteiger partial charge in [-0.2, -0.15) is 0 Å². The number of aromatic carboxylic acids is 1. The third-order valence-electron chi connectivity index (χ3n) is 3.86. The summed E-state index contributed by atoms with van der Waals surface area (Å²) in [7, 11) is 0. The molecule has 3 rings (SSSR count). The molecule has 0 aliphatic rings. The van der Waals surface area contributed by atoms with Gasteiger partial charge in [-0.25, -0.2) is 9.59 Å². The SMILES string of the molecule is Cc1cc(=O)oc2c(C=O)c(Oc3ccc([N+](=O)[O-])cc3C(=O)O)ccc12. The van der Waals surface area contributed by atoms with Gasteiger partial charge >= 0.3 is 11.6 Å². The lowest BCUT2D eigenvalue weighted by Crippen LogP contribution is -2.04. The number of carboxylic acids is 1. The molecule has 0 aliphatic carbocycles. The number of ether oxygens (including phenoxy) is 1. The molecule has 0 atom stereocenters. The summed E-state index contributed by atoms with van der Waals surface area (Å²) >= 11 is 0. The number of hydrogen-bond donors (Lipinski definition) is 1. The van der Waals surface area contributed by atoms with Gasteiger partial charge in [-0.15, -0.1) is 0 Å². The number of hydrogen-bond acceptors (Lipinski definition) is 7. The third-order valence-corrected chi connectivity index (χ3v) is 3.86. The minimum absolute atomic E-state index is 0.00582. The maximum Gasteiger partial charge on any atom is 0.339 e. The number of carboxylic acid groups (broad SMARTS) is 1. The van der Waals surface area contributed by atoms with E-state index in [9.17, 15) is 29.6 Å². The summed E-state index contributed by atoms with van der Waals surface area (Å²) in [6, 6.07) is 7.30. The molecule has 136 valence electrons. The number of aryl methyl sites for hydroxylation is 1. The van der Waals surface area contributed by atoms with Crippen molar-refractivity contribution in [2.24, 2.45) is 0 Å². The van der Waals surface area contributed by atoms with Crippen LogP contribution in [0.3, 0.4) is 0 Å². The number of carbonyl (C=O) groups is 2. The lowest BCUT2D eigenvalue weighted by atomic mass is 10.1. The Hall–Kier alpha value is -4.01. The van der Waals surface area contributed by atoms with E-state index in [1.165, 1.54) is 12.1 Å². The molecular formula is C18H11NO8. The Morgan fingerprint density at radius 1 is 1.22 bits per heavy atom. The van der Waals surface area contributed by atoms with Crippen molar-refractivity contribution < 1.29 is 28.8 Å². The highest BCUT2D eigenvalue weighted by Crippen LogP contribution is 2.33. The molecule has 0 fully saturated rings. The first-order chi connectivity index (χ1) is 12.8. The molecule has 0 saturated carbocycles. The molecule has 1 heterocycles. The van der Waals surface area contributed by atoms with Gasteiger partial charge in [0.15, 0.2) is 11.9 Å². The average molecular weight is 369 g/mol. The van der Waals surface area contributed by atoms with Crippen molar-refractivity contribution in [3.8, 4) is 11.5 Å². The van der Waals surface area contributed by atoms with Gasteiger partial charge in [0, 0.05) is 23.6 Å². The summed E-state index contributed by atoms with van der Waals surface area (Å²) in [6.07, 6.45) is 0.422. The largest absolute Gasteiger partial charge is 0.478 e. The number of nitrogens with zero attached hydrogens (tertiary/aromatic N) is 1. The Labute approximate surface area is 150 Å². The van der Waals surface area contributed by atoms with Crippen LogP contribution in [0.1, 0.15) is 26.3 Å². The second kappa shape index (κ2) is 6.71. The van der Waals surface area contributed by atoms with Crippen LogP contribution in [0.15, 0.2) is 45.6 Å². The molecule has 0 aliphatic heterocycles. The van der Waals surface area contributed by atoms with Crippen LogP contribution in [0.2, 0.25) is 0 Å². The first-order valence-corrected chi connectivity index (χ1v) is 7.54. The van der Waals surface area contributed by atoms with E-state index in [2.05, 4.69) is 0 Å². The maximum atomic E-state index is 11.6. The Balaban J connectivity index is 2.17. The normalized spacial score (nSPS) is 10.6. The number of fused-ring (bicyclic) bond motifs is 1. The molecule has 1 aromatic heterocycles. The fraction of sp³-hybridized carbons (Fsp3) is 0.0556. The number of benzene rings is 2. The summed E-state index contributed by atoms with van der Waals surface area (Å²) in [4.78, 5) is 44.7. The number of aldehydes is 1. The molecule has 0 amide bonds. The number of carbonyl (C=O) groups excluding carboxylic acids is 1. The van der Waals surface area contributed by atoms with Gasteiger partial charge < -0.3 is 14.3 Å². The molecule has 0 unspecified atom stereocenters. The molecule has 9 nitrogen and oxygen atoms in total.